The van der Waals surface area contributed by atoms with Crippen LogP contribution in [-0.4, -0.2) is 49.0 Å². The van der Waals surface area contributed by atoms with Gasteiger partial charge in [0.25, 0.3) is 0 Å². The number of nitrogens with one attached hydrogen (secondary N) is 1. The number of alkyl carbamates (subject to hydrolysis) is 1. The van der Waals surface area contributed by atoms with Crippen molar-refractivity contribution in [2.24, 2.45) is 4.99 Å². The SMILES string of the molecule is CCOC(=O)NC(C1=NCCS1)P(=O)(OCC)OCC. The van der Waals surface area contributed by atoms with Gasteiger partial charge in [-0.2, -0.15) is 0 Å². The fraction of sp³-hybridized carbons (Fsp3) is 0.818. The zero-order valence-electron chi connectivity index (χ0n) is 12.0. The predicted molar refractivity (Wildman–Crippen MR) is 79.6 cm³/mol. The first-order chi connectivity index (χ1) is 9.57. The van der Waals surface area contributed by atoms with Gasteiger partial charge in [-0.15, -0.1) is 11.8 Å². The van der Waals surface area contributed by atoms with Crippen LogP contribution in [-0.2, 0) is 18.3 Å². The van der Waals surface area contributed by atoms with Crippen molar-refractivity contribution in [1.82, 2.24) is 5.32 Å². The molecule has 1 rings (SSSR count). The molecule has 1 heterocycles. The highest BCUT2D eigenvalue weighted by Crippen LogP contribution is 2.53. The third kappa shape index (κ3) is 4.77. The lowest BCUT2D eigenvalue weighted by atomic mass is 10.6. The molecule has 20 heavy (non-hydrogen) atoms. The molecule has 0 spiro atoms. The Balaban J connectivity index is 2.94. The molecule has 1 atom stereocenters. The zero-order chi connectivity index (χ0) is 15.0. The van der Waals surface area contributed by atoms with E-state index in [0.717, 1.165) is 5.75 Å². The van der Waals surface area contributed by atoms with E-state index in [0.29, 0.717) is 11.6 Å². The van der Waals surface area contributed by atoms with Gasteiger partial charge in [-0.05, 0) is 20.8 Å². The molecule has 1 aliphatic heterocycles. The lowest BCUT2D eigenvalue weighted by Gasteiger charge is -2.26. The number of hydrogen-bond acceptors (Lipinski definition) is 7. The van der Waals surface area contributed by atoms with Crippen LogP contribution in [0.3, 0.4) is 0 Å². The number of hydrogen-bond donors (Lipinski definition) is 1. The number of carbonyl (C=O) groups excluding carboxylic acids is 1. The Morgan fingerprint density at radius 2 is 2.00 bits per heavy atom. The third-order valence-corrected chi connectivity index (χ3v) is 5.77. The zero-order valence-corrected chi connectivity index (χ0v) is 13.7. The summed E-state index contributed by atoms with van der Waals surface area (Å²) >= 11 is 1.44. The summed E-state index contributed by atoms with van der Waals surface area (Å²) in [6, 6.07) is 0. The van der Waals surface area contributed by atoms with Crippen molar-refractivity contribution in [3.8, 4) is 0 Å². The van der Waals surface area contributed by atoms with Crippen LogP contribution in [0.1, 0.15) is 20.8 Å². The summed E-state index contributed by atoms with van der Waals surface area (Å²) in [4.78, 5) is 15.9. The van der Waals surface area contributed by atoms with Crippen LogP contribution in [0, 0.1) is 0 Å². The molecule has 9 heteroatoms. The standard InChI is InChI=1S/C11H21N2O5PS/c1-4-16-11(14)13-9(10-12-7-8-20-10)19(15,17-5-2)18-6-3/h9H,4-8H2,1-3H3,(H,13,14). The first kappa shape index (κ1) is 17.5. The second kappa shape index (κ2) is 8.67. The maximum absolute atomic E-state index is 12.8. The molecule has 1 unspecified atom stereocenters. The van der Waals surface area contributed by atoms with E-state index >= 15 is 0 Å². The van der Waals surface area contributed by atoms with Crippen molar-refractivity contribution in [3.05, 3.63) is 0 Å². The first-order valence-corrected chi connectivity index (χ1v) is 9.16. The topological polar surface area (TPSA) is 86.2 Å². The number of thioether (sulfide) groups is 1. The van der Waals surface area contributed by atoms with Crippen molar-refractivity contribution < 1.29 is 23.1 Å². The highest BCUT2D eigenvalue weighted by atomic mass is 32.2. The van der Waals surface area contributed by atoms with Crippen molar-refractivity contribution in [3.63, 3.8) is 0 Å². The lowest BCUT2D eigenvalue weighted by molar-refractivity contribution is 0.149. The second-order valence-corrected chi connectivity index (χ2v) is 6.94. The fourth-order valence-corrected chi connectivity index (χ4v) is 4.73. The summed E-state index contributed by atoms with van der Waals surface area (Å²) in [7, 11) is -3.52. The average Bonchev–Trinajstić information content (AvgIpc) is 2.90. The van der Waals surface area contributed by atoms with E-state index < -0.39 is 19.5 Å². The summed E-state index contributed by atoms with van der Waals surface area (Å²) < 4.78 is 28.3. The van der Waals surface area contributed by atoms with E-state index in [2.05, 4.69) is 10.3 Å². The largest absolute Gasteiger partial charge is 0.450 e. The highest BCUT2D eigenvalue weighted by molar-refractivity contribution is 8.14. The van der Waals surface area contributed by atoms with Gasteiger partial charge in [0.1, 0.15) is 5.04 Å². The summed E-state index contributed by atoms with van der Waals surface area (Å²) in [5.74, 6) is -0.122. The van der Waals surface area contributed by atoms with Crippen LogP contribution in [0.15, 0.2) is 4.99 Å². The molecule has 0 aromatic heterocycles. The third-order valence-electron chi connectivity index (χ3n) is 2.31. The molecule has 1 amide bonds. The molecule has 1 aliphatic rings. The first-order valence-electron chi connectivity index (χ1n) is 6.56. The number of rotatable bonds is 8. The second-order valence-electron chi connectivity index (χ2n) is 3.71. The molecule has 0 aliphatic carbocycles. The minimum absolute atomic E-state index is 0.218. The minimum atomic E-state index is -3.52. The number of nitrogens with zero attached hydrogens (tertiary/aromatic N) is 1. The summed E-state index contributed by atoms with van der Waals surface area (Å²) in [5, 5.41) is 3.10. The molecule has 0 bridgehead atoms. The number of ether oxygens (including phenoxy) is 1. The highest BCUT2D eigenvalue weighted by Gasteiger charge is 2.42. The van der Waals surface area contributed by atoms with Crippen molar-refractivity contribution in [2.75, 3.05) is 32.1 Å². The Morgan fingerprint density at radius 3 is 2.45 bits per heavy atom. The molecule has 1 N–H and O–H groups in total. The molecule has 0 saturated carbocycles. The number of amides is 1. The molecular weight excluding hydrogens is 303 g/mol. The molecule has 0 fully saturated rings. The lowest BCUT2D eigenvalue weighted by Crippen LogP contribution is -2.40. The maximum Gasteiger partial charge on any atom is 0.408 e. The Kier molecular flexibility index (Phi) is 7.58. The summed E-state index contributed by atoms with van der Waals surface area (Å²) in [5.41, 5.74) is 0. The number of aliphatic imine (C=N–C) groups is 1. The van der Waals surface area contributed by atoms with E-state index in [1.54, 1.807) is 20.8 Å². The van der Waals surface area contributed by atoms with Crippen LogP contribution < -0.4 is 5.32 Å². The predicted octanol–water partition coefficient (Wildman–Crippen LogP) is 2.47. The molecule has 116 valence electrons. The van der Waals surface area contributed by atoms with Gasteiger partial charge in [0.05, 0.1) is 19.8 Å². The average molecular weight is 324 g/mol. The normalized spacial score (nSPS) is 16.6. The van der Waals surface area contributed by atoms with E-state index in [4.69, 9.17) is 13.8 Å². The quantitative estimate of drug-likeness (QED) is 0.690. The van der Waals surface area contributed by atoms with Gasteiger partial charge in [0.2, 0.25) is 0 Å². The van der Waals surface area contributed by atoms with Crippen molar-refractivity contribution in [2.45, 2.75) is 26.6 Å². The van der Waals surface area contributed by atoms with E-state index in [1.807, 2.05) is 0 Å². The van der Waals surface area contributed by atoms with Gasteiger partial charge in [0.15, 0.2) is 5.78 Å². The smallest absolute Gasteiger partial charge is 0.408 e. The van der Waals surface area contributed by atoms with Gasteiger partial charge >= 0.3 is 13.7 Å². The molecule has 7 nitrogen and oxygen atoms in total. The minimum Gasteiger partial charge on any atom is -0.450 e. The van der Waals surface area contributed by atoms with Crippen LogP contribution in [0.2, 0.25) is 0 Å². The Bertz CT molecular complexity index is 394. The summed E-state index contributed by atoms with van der Waals surface area (Å²) in [6.45, 7) is 6.42. The van der Waals surface area contributed by atoms with Crippen molar-refractivity contribution in [1.29, 1.82) is 0 Å². The van der Waals surface area contributed by atoms with Crippen molar-refractivity contribution >= 4 is 30.5 Å². The summed E-state index contributed by atoms with van der Waals surface area (Å²) in [6.07, 6.45) is -0.660. The molecular formula is C11H21N2O5PS. The van der Waals surface area contributed by atoms with Gasteiger partial charge < -0.3 is 19.1 Å². The fourth-order valence-electron chi connectivity index (χ4n) is 1.62. The molecule has 0 aromatic rings. The van der Waals surface area contributed by atoms with Crippen LogP contribution in [0.25, 0.3) is 0 Å². The molecule has 0 aromatic carbocycles. The van der Waals surface area contributed by atoms with Gasteiger partial charge in [0, 0.05) is 12.3 Å². The molecule has 0 saturated heterocycles. The molecule has 0 radical (unpaired) electrons. The van der Waals surface area contributed by atoms with Crippen LogP contribution in [0.4, 0.5) is 4.79 Å². The van der Waals surface area contributed by atoms with E-state index in [1.165, 1.54) is 11.8 Å². The Hall–Kier alpha value is -0.560. The van der Waals surface area contributed by atoms with Crippen LogP contribution in [0.5, 0.6) is 0 Å². The van der Waals surface area contributed by atoms with E-state index in [9.17, 15) is 9.36 Å². The van der Waals surface area contributed by atoms with Gasteiger partial charge in [-0.1, -0.05) is 0 Å². The Morgan fingerprint density at radius 1 is 1.35 bits per heavy atom. The van der Waals surface area contributed by atoms with Gasteiger partial charge in [-0.3, -0.25) is 9.56 Å². The van der Waals surface area contributed by atoms with Gasteiger partial charge in [-0.25, -0.2) is 4.79 Å². The monoisotopic (exact) mass is 324 g/mol. The maximum atomic E-state index is 12.8. The number of carbonyl (C=O) groups is 1. The van der Waals surface area contributed by atoms with E-state index in [-0.39, 0.29) is 19.8 Å². The van der Waals surface area contributed by atoms with Crippen LogP contribution >= 0.6 is 19.4 Å². The Labute approximate surface area is 123 Å².